The summed E-state index contributed by atoms with van der Waals surface area (Å²) in [5, 5.41) is 12.1. The highest BCUT2D eigenvalue weighted by molar-refractivity contribution is 5.95. The van der Waals surface area contributed by atoms with Gasteiger partial charge in [0.25, 0.3) is 5.69 Å². The molecule has 0 unspecified atom stereocenters. The molecule has 0 saturated carbocycles. The van der Waals surface area contributed by atoms with Crippen LogP contribution in [0.5, 0.6) is 5.75 Å². The molecule has 0 aliphatic heterocycles. The molecule has 0 aliphatic carbocycles. The van der Waals surface area contributed by atoms with E-state index in [0.717, 1.165) is 0 Å². The first-order valence-corrected chi connectivity index (χ1v) is 4.96. The fourth-order valence-corrected chi connectivity index (χ4v) is 1.66. The number of terminal acetylenes is 1. The van der Waals surface area contributed by atoms with Gasteiger partial charge in [0.05, 0.1) is 10.3 Å². The molecule has 0 heterocycles. The molecule has 0 spiro atoms. The van der Waals surface area contributed by atoms with Crippen LogP contribution in [0.2, 0.25) is 0 Å². The van der Waals surface area contributed by atoms with E-state index in [2.05, 4.69) is 5.92 Å². The van der Waals surface area contributed by atoms with Gasteiger partial charge in [-0.05, 0) is 12.1 Å². The van der Waals surface area contributed by atoms with Crippen molar-refractivity contribution in [3.63, 3.8) is 0 Å². The molecule has 0 aliphatic rings. The van der Waals surface area contributed by atoms with Crippen molar-refractivity contribution in [1.29, 1.82) is 0 Å². The highest BCUT2D eigenvalue weighted by atomic mass is 16.6. The van der Waals surface area contributed by atoms with Crippen molar-refractivity contribution >= 4 is 16.5 Å². The van der Waals surface area contributed by atoms with E-state index in [-0.39, 0.29) is 12.3 Å². The van der Waals surface area contributed by atoms with Crippen LogP contribution in [0.25, 0.3) is 10.8 Å². The third-order valence-corrected chi connectivity index (χ3v) is 2.37. The second kappa shape index (κ2) is 4.54. The molecule has 0 N–H and O–H groups in total. The smallest absolute Gasteiger partial charge is 0.277 e. The Morgan fingerprint density at radius 3 is 2.59 bits per heavy atom. The number of nitro groups is 1. The molecule has 0 atom stereocenters. The van der Waals surface area contributed by atoms with E-state index in [4.69, 9.17) is 11.2 Å². The van der Waals surface area contributed by atoms with Gasteiger partial charge in [0.15, 0.2) is 0 Å². The van der Waals surface area contributed by atoms with Crippen molar-refractivity contribution in [2.24, 2.45) is 0 Å². The maximum atomic E-state index is 10.9. The summed E-state index contributed by atoms with van der Waals surface area (Å²) in [6.07, 6.45) is 5.12. The highest BCUT2D eigenvalue weighted by Crippen LogP contribution is 2.32. The van der Waals surface area contributed by atoms with Crippen LogP contribution in [0.1, 0.15) is 0 Å². The summed E-state index contributed by atoms with van der Waals surface area (Å²) < 4.78 is 5.34. The Labute approximate surface area is 98.0 Å². The van der Waals surface area contributed by atoms with Gasteiger partial charge in [0, 0.05) is 11.5 Å². The number of hydrogen-bond acceptors (Lipinski definition) is 3. The van der Waals surface area contributed by atoms with E-state index in [0.29, 0.717) is 16.5 Å². The molecule has 4 heteroatoms. The highest BCUT2D eigenvalue weighted by Gasteiger charge is 2.13. The molecule has 0 fully saturated rings. The van der Waals surface area contributed by atoms with E-state index >= 15 is 0 Å². The third-order valence-electron chi connectivity index (χ3n) is 2.37. The number of fused-ring (bicyclic) bond motifs is 1. The van der Waals surface area contributed by atoms with Crippen molar-refractivity contribution in [1.82, 2.24) is 0 Å². The standard InChI is InChI=1S/C13H9NO3/c1-2-9-17-13-8-7-12(14(15)16)10-5-3-4-6-11(10)13/h1,3-8H,9H2. The number of non-ortho nitro benzene ring substituents is 1. The Hall–Kier alpha value is -2.54. The van der Waals surface area contributed by atoms with Crippen molar-refractivity contribution in [3.8, 4) is 18.1 Å². The normalized spacial score (nSPS) is 9.82. The Kier molecular flexibility index (Phi) is 2.93. The zero-order valence-corrected chi connectivity index (χ0v) is 8.92. The van der Waals surface area contributed by atoms with Crippen LogP contribution in [0.15, 0.2) is 36.4 Å². The van der Waals surface area contributed by atoms with Gasteiger partial charge in [-0.15, -0.1) is 6.42 Å². The van der Waals surface area contributed by atoms with Crippen molar-refractivity contribution in [2.45, 2.75) is 0 Å². The Morgan fingerprint density at radius 1 is 1.24 bits per heavy atom. The van der Waals surface area contributed by atoms with Gasteiger partial charge < -0.3 is 4.74 Å². The van der Waals surface area contributed by atoms with E-state index in [9.17, 15) is 10.1 Å². The van der Waals surface area contributed by atoms with Gasteiger partial charge in [-0.1, -0.05) is 24.1 Å². The SMILES string of the molecule is C#CCOc1ccc([N+](=O)[O-])c2ccccc12. The van der Waals surface area contributed by atoms with E-state index in [1.165, 1.54) is 6.07 Å². The average molecular weight is 227 g/mol. The Bertz CT molecular complexity index is 614. The first-order chi connectivity index (χ1) is 8.24. The van der Waals surface area contributed by atoms with Crippen LogP contribution in [0, 0.1) is 22.5 Å². The molecule has 0 radical (unpaired) electrons. The number of hydrogen-bond donors (Lipinski definition) is 0. The fourth-order valence-electron chi connectivity index (χ4n) is 1.66. The number of ether oxygens (including phenoxy) is 1. The van der Waals surface area contributed by atoms with Gasteiger partial charge in [-0.2, -0.15) is 0 Å². The lowest BCUT2D eigenvalue weighted by Crippen LogP contribution is -1.96. The summed E-state index contributed by atoms with van der Waals surface area (Å²) in [6, 6.07) is 10.0. The molecule has 2 aromatic carbocycles. The van der Waals surface area contributed by atoms with Gasteiger partial charge >= 0.3 is 0 Å². The van der Waals surface area contributed by atoms with Gasteiger partial charge in [0.2, 0.25) is 0 Å². The third kappa shape index (κ3) is 2.04. The zero-order chi connectivity index (χ0) is 12.3. The van der Waals surface area contributed by atoms with Crippen molar-refractivity contribution in [2.75, 3.05) is 6.61 Å². The molecule has 2 aromatic rings. The molecule has 0 saturated heterocycles. The molecule has 0 bridgehead atoms. The van der Waals surface area contributed by atoms with Gasteiger partial charge in [-0.25, -0.2) is 0 Å². The lowest BCUT2D eigenvalue weighted by molar-refractivity contribution is -0.383. The molecular weight excluding hydrogens is 218 g/mol. The van der Waals surface area contributed by atoms with Crippen LogP contribution < -0.4 is 4.74 Å². The second-order valence-electron chi connectivity index (χ2n) is 3.38. The van der Waals surface area contributed by atoms with Crippen LogP contribution in [0.4, 0.5) is 5.69 Å². The number of benzene rings is 2. The number of rotatable bonds is 3. The lowest BCUT2D eigenvalue weighted by atomic mass is 10.1. The summed E-state index contributed by atoms with van der Waals surface area (Å²) >= 11 is 0. The monoisotopic (exact) mass is 227 g/mol. The molecule has 17 heavy (non-hydrogen) atoms. The average Bonchev–Trinajstić information content (AvgIpc) is 2.35. The fraction of sp³-hybridized carbons (Fsp3) is 0.0769. The molecule has 2 rings (SSSR count). The largest absolute Gasteiger partial charge is 0.480 e. The number of nitrogens with zero attached hydrogens (tertiary/aromatic N) is 1. The van der Waals surface area contributed by atoms with Crippen LogP contribution in [-0.2, 0) is 0 Å². The summed E-state index contributed by atoms with van der Waals surface area (Å²) in [5.41, 5.74) is 0.0636. The lowest BCUT2D eigenvalue weighted by Gasteiger charge is -2.06. The Balaban J connectivity index is 2.63. The maximum Gasteiger partial charge on any atom is 0.277 e. The maximum absolute atomic E-state index is 10.9. The Morgan fingerprint density at radius 2 is 1.94 bits per heavy atom. The van der Waals surface area contributed by atoms with E-state index < -0.39 is 4.92 Å². The van der Waals surface area contributed by atoms with Crippen LogP contribution in [-0.4, -0.2) is 11.5 Å². The van der Waals surface area contributed by atoms with Gasteiger partial charge in [0.1, 0.15) is 12.4 Å². The molecule has 84 valence electrons. The van der Waals surface area contributed by atoms with E-state index in [1.807, 2.05) is 0 Å². The summed E-state index contributed by atoms with van der Waals surface area (Å²) in [6.45, 7) is 0.141. The quantitative estimate of drug-likeness (QED) is 0.460. The van der Waals surface area contributed by atoms with E-state index in [1.54, 1.807) is 30.3 Å². The number of nitro benzene ring substituents is 1. The first-order valence-electron chi connectivity index (χ1n) is 4.96. The predicted octanol–water partition coefficient (Wildman–Crippen LogP) is 2.76. The minimum absolute atomic E-state index is 0.0636. The van der Waals surface area contributed by atoms with Crippen molar-refractivity contribution in [3.05, 3.63) is 46.5 Å². The summed E-state index contributed by atoms with van der Waals surface area (Å²) in [7, 11) is 0. The topological polar surface area (TPSA) is 52.4 Å². The summed E-state index contributed by atoms with van der Waals surface area (Å²) in [4.78, 5) is 10.5. The molecule has 0 amide bonds. The minimum Gasteiger partial charge on any atom is -0.480 e. The second-order valence-corrected chi connectivity index (χ2v) is 3.38. The zero-order valence-electron chi connectivity index (χ0n) is 8.92. The first kappa shape index (κ1) is 11.0. The van der Waals surface area contributed by atoms with Crippen LogP contribution >= 0.6 is 0 Å². The van der Waals surface area contributed by atoms with Crippen LogP contribution in [0.3, 0.4) is 0 Å². The minimum atomic E-state index is -0.409. The molecule has 4 nitrogen and oxygen atoms in total. The predicted molar refractivity (Wildman–Crippen MR) is 64.9 cm³/mol. The summed E-state index contributed by atoms with van der Waals surface area (Å²) in [5.74, 6) is 2.92. The van der Waals surface area contributed by atoms with Crippen molar-refractivity contribution < 1.29 is 9.66 Å². The molecule has 0 aromatic heterocycles. The molecular formula is C13H9NO3. The van der Waals surface area contributed by atoms with Gasteiger partial charge in [-0.3, -0.25) is 10.1 Å².